The monoisotopic (exact) mass is 308 g/mol. The van der Waals surface area contributed by atoms with Gasteiger partial charge in [-0.15, -0.1) is 12.4 Å². The number of aryl methyl sites for hydroxylation is 1. The number of carbonyl (C=O) groups excluding carboxylic acids is 1. The third kappa shape index (κ3) is 3.36. The van der Waals surface area contributed by atoms with Crippen molar-refractivity contribution in [3.8, 4) is 0 Å². The molecule has 0 unspecified atom stereocenters. The Morgan fingerprint density at radius 1 is 1.48 bits per heavy atom. The number of halogens is 1. The van der Waals surface area contributed by atoms with E-state index in [4.69, 9.17) is 5.73 Å². The van der Waals surface area contributed by atoms with Gasteiger partial charge in [-0.2, -0.15) is 5.10 Å². The molecule has 1 aromatic heterocycles. The minimum absolute atomic E-state index is 0. The molecule has 5 nitrogen and oxygen atoms in total. The van der Waals surface area contributed by atoms with Crippen molar-refractivity contribution in [1.29, 1.82) is 0 Å². The zero-order chi connectivity index (χ0) is 14.1. The summed E-state index contributed by atoms with van der Waals surface area (Å²) in [6, 6.07) is 4.14. The maximum Gasteiger partial charge on any atom is 0.224 e. The minimum Gasteiger partial charge on any atom is -0.327 e. The van der Waals surface area contributed by atoms with Crippen LogP contribution in [-0.2, 0) is 4.79 Å². The van der Waals surface area contributed by atoms with Crippen LogP contribution in [0.5, 0.6) is 0 Å². The molecule has 2 atom stereocenters. The van der Waals surface area contributed by atoms with Gasteiger partial charge in [-0.1, -0.05) is 6.42 Å². The molecule has 0 radical (unpaired) electrons. The van der Waals surface area contributed by atoms with E-state index in [0.717, 1.165) is 41.4 Å². The fourth-order valence-corrected chi connectivity index (χ4v) is 3.00. The van der Waals surface area contributed by atoms with Gasteiger partial charge in [-0.05, 0) is 43.4 Å². The predicted molar refractivity (Wildman–Crippen MR) is 86.6 cm³/mol. The molecule has 6 heteroatoms. The van der Waals surface area contributed by atoms with Crippen LogP contribution in [0.1, 0.15) is 31.2 Å². The largest absolute Gasteiger partial charge is 0.327 e. The summed E-state index contributed by atoms with van der Waals surface area (Å²) < 4.78 is 0. The van der Waals surface area contributed by atoms with Gasteiger partial charge in [0.25, 0.3) is 0 Å². The average Bonchev–Trinajstić information content (AvgIpc) is 2.99. The molecule has 114 valence electrons. The number of benzene rings is 1. The van der Waals surface area contributed by atoms with E-state index in [0.29, 0.717) is 12.3 Å². The van der Waals surface area contributed by atoms with Crippen LogP contribution in [-0.4, -0.2) is 22.1 Å². The summed E-state index contributed by atoms with van der Waals surface area (Å²) in [6.45, 7) is 1.99. The third-order valence-corrected chi connectivity index (χ3v) is 4.22. The second-order valence-electron chi connectivity index (χ2n) is 5.73. The molecule has 0 bridgehead atoms. The van der Waals surface area contributed by atoms with E-state index in [-0.39, 0.29) is 24.4 Å². The predicted octanol–water partition coefficient (Wildman–Crippen LogP) is 2.75. The molecule has 0 aliphatic heterocycles. The fraction of sp³-hybridized carbons (Fsp3) is 0.467. The van der Waals surface area contributed by atoms with E-state index in [2.05, 4.69) is 15.5 Å². The molecule has 4 N–H and O–H groups in total. The van der Waals surface area contributed by atoms with E-state index in [1.54, 1.807) is 6.20 Å². The van der Waals surface area contributed by atoms with Crippen LogP contribution in [0.15, 0.2) is 18.3 Å². The standard InChI is InChI=1S/C15H20N4O.ClH/c1-9-5-11-8-17-19-14(11)7-13(9)18-15(20)6-10-3-2-4-12(10)16;/h5,7-8,10,12H,2-4,6,16H2,1H3,(H,17,19)(H,18,20);1H/t10-,12+;/m0./s1. The first-order valence-corrected chi connectivity index (χ1v) is 7.12. The third-order valence-electron chi connectivity index (χ3n) is 4.22. The van der Waals surface area contributed by atoms with Crippen molar-refractivity contribution in [2.45, 2.75) is 38.6 Å². The highest BCUT2D eigenvalue weighted by atomic mass is 35.5. The summed E-state index contributed by atoms with van der Waals surface area (Å²) in [7, 11) is 0. The van der Waals surface area contributed by atoms with Crippen LogP contribution in [0.3, 0.4) is 0 Å². The molecular weight excluding hydrogens is 288 g/mol. The number of hydrogen-bond acceptors (Lipinski definition) is 3. The smallest absolute Gasteiger partial charge is 0.224 e. The van der Waals surface area contributed by atoms with Gasteiger partial charge in [0.2, 0.25) is 5.91 Å². The first kappa shape index (κ1) is 15.8. The molecule has 1 saturated carbocycles. The van der Waals surface area contributed by atoms with Gasteiger partial charge in [-0.3, -0.25) is 9.89 Å². The Bertz CT molecular complexity index is 640. The molecule has 2 aromatic rings. The molecule has 3 rings (SSSR count). The van der Waals surface area contributed by atoms with Crippen LogP contribution < -0.4 is 11.1 Å². The average molecular weight is 309 g/mol. The van der Waals surface area contributed by atoms with Gasteiger partial charge in [-0.25, -0.2) is 0 Å². The Hall–Kier alpha value is -1.59. The van der Waals surface area contributed by atoms with Crippen molar-refractivity contribution in [1.82, 2.24) is 10.2 Å². The Morgan fingerprint density at radius 2 is 2.29 bits per heavy atom. The highest BCUT2D eigenvalue weighted by Crippen LogP contribution is 2.28. The van der Waals surface area contributed by atoms with Gasteiger partial charge in [0.05, 0.1) is 11.7 Å². The first-order chi connectivity index (χ1) is 9.63. The number of amides is 1. The van der Waals surface area contributed by atoms with Crippen molar-refractivity contribution in [2.75, 3.05) is 5.32 Å². The lowest BCUT2D eigenvalue weighted by molar-refractivity contribution is -0.117. The Labute approximate surface area is 130 Å². The molecule has 0 saturated heterocycles. The van der Waals surface area contributed by atoms with Crippen molar-refractivity contribution < 1.29 is 4.79 Å². The number of fused-ring (bicyclic) bond motifs is 1. The van der Waals surface area contributed by atoms with Crippen molar-refractivity contribution in [3.63, 3.8) is 0 Å². The maximum atomic E-state index is 12.1. The van der Waals surface area contributed by atoms with Gasteiger partial charge in [0.15, 0.2) is 0 Å². The lowest BCUT2D eigenvalue weighted by Gasteiger charge is -2.15. The second-order valence-corrected chi connectivity index (χ2v) is 5.73. The number of aromatic nitrogens is 2. The number of anilines is 1. The Balaban J connectivity index is 0.00000161. The highest BCUT2D eigenvalue weighted by Gasteiger charge is 2.26. The summed E-state index contributed by atoms with van der Waals surface area (Å²) in [6.07, 6.45) is 5.54. The van der Waals surface area contributed by atoms with E-state index in [9.17, 15) is 4.79 Å². The van der Waals surface area contributed by atoms with Crippen LogP contribution in [0, 0.1) is 12.8 Å². The zero-order valence-corrected chi connectivity index (χ0v) is 12.9. The first-order valence-electron chi connectivity index (χ1n) is 7.12. The molecule has 0 spiro atoms. The molecule has 21 heavy (non-hydrogen) atoms. The zero-order valence-electron chi connectivity index (χ0n) is 12.1. The van der Waals surface area contributed by atoms with Crippen LogP contribution in [0.25, 0.3) is 10.9 Å². The van der Waals surface area contributed by atoms with E-state index < -0.39 is 0 Å². The Kier molecular flexibility index (Phi) is 4.85. The highest BCUT2D eigenvalue weighted by molar-refractivity contribution is 5.94. The summed E-state index contributed by atoms with van der Waals surface area (Å²) >= 11 is 0. The molecule has 1 amide bonds. The van der Waals surface area contributed by atoms with Crippen molar-refractivity contribution in [2.24, 2.45) is 11.7 Å². The maximum absolute atomic E-state index is 12.1. The molecular formula is C15H21ClN4O. The quantitative estimate of drug-likeness (QED) is 0.815. The van der Waals surface area contributed by atoms with Gasteiger partial charge in [0, 0.05) is 23.5 Å². The molecule has 1 aromatic carbocycles. The molecule has 1 heterocycles. The number of nitrogens with zero attached hydrogens (tertiary/aromatic N) is 1. The topological polar surface area (TPSA) is 83.8 Å². The lowest BCUT2D eigenvalue weighted by Crippen LogP contribution is -2.28. The van der Waals surface area contributed by atoms with Crippen molar-refractivity contribution >= 4 is 34.9 Å². The van der Waals surface area contributed by atoms with Crippen molar-refractivity contribution in [3.05, 3.63) is 23.9 Å². The number of aromatic amines is 1. The molecule has 1 aliphatic carbocycles. The number of nitrogens with one attached hydrogen (secondary N) is 2. The minimum atomic E-state index is 0. The SMILES string of the molecule is Cc1cc2cn[nH]c2cc1NC(=O)C[C@@H]1CCC[C@H]1N.Cl. The Morgan fingerprint density at radius 3 is 3.00 bits per heavy atom. The fourth-order valence-electron chi connectivity index (χ4n) is 3.00. The molecule has 1 fully saturated rings. The number of carbonyl (C=O) groups is 1. The number of H-pyrrole nitrogens is 1. The van der Waals surface area contributed by atoms with Gasteiger partial charge in [0.1, 0.15) is 0 Å². The van der Waals surface area contributed by atoms with E-state index in [1.165, 1.54) is 0 Å². The van der Waals surface area contributed by atoms with Gasteiger partial charge < -0.3 is 11.1 Å². The van der Waals surface area contributed by atoms with E-state index >= 15 is 0 Å². The number of hydrogen-bond donors (Lipinski definition) is 3. The molecule has 1 aliphatic rings. The van der Waals surface area contributed by atoms with Crippen LogP contribution in [0.2, 0.25) is 0 Å². The second kappa shape index (κ2) is 6.45. The van der Waals surface area contributed by atoms with Gasteiger partial charge >= 0.3 is 0 Å². The lowest BCUT2D eigenvalue weighted by atomic mass is 9.99. The summed E-state index contributed by atoms with van der Waals surface area (Å²) in [5.74, 6) is 0.375. The summed E-state index contributed by atoms with van der Waals surface area (Å²) in [4.78, 5) is 12.1. The number of rotatable bonds is 3. The van der Waals surface area contributed by atoms with E-state index in [1.807, 2.05) is 19.1 Å². The normalized spacial score (nSPS) is 21.2. The van der Waals surface area contributed by atoms with Crippen LogP contribution >= 0.6 is 12.4 Å². The van der Waals surface area contributed by atoms with Crippen LogP contribution in [0.4, 0.5) is 5.69 Å². The number of nitrogens with two attached hydrogens (primary N) is 1. The summed E-state index contributed by atoms with van der Waals surface area (Å²) in [5.41, 5.74) is 8.84. The summed E-state index contributed by atoms with van der Waals surface area (Å²) in [5, 5.41) is 11.0.